The van der Waals surface area contributed by atoms with Gasteiger partial charge in [-0.05, 0) is 36.5 Å². The summed E-state index contributed by atoms with van der Waals surface area (Å²) in [6.07, 6.45) is 4.63. The van der Waals surface area contributed by atoms with Crippen molar-refractivity contribution in [2.75, 3.05) is 6.54 Å². The molecule has 1 aromatic heterocycles. The van der Waals surface area contributed by atoms with Crippen LogP contribution in [0.15, 0.2) is 60.8 Å². The normalized spacial score (nSPS) is 10.9. The molecule has 0 aliphatic heterocycles. The Balaban J connectivity index is 1.57. The van der Waals surface area contributed by atoms with Crippen LogP contribution < -0.4 is 0 Å². The molecule has 0 bridgehead atoms. The third-order valence-corrected chi connectivity index (χ3v) is 4.90. The van der Waals surface area contributed by atoms with Gasteiger partial charge in [0.1, 0.15) is 0 Å². The second-order valence-corrected chi connectivity index (χ2v) is 7.01. The predicted molar refractivity (Wildman–Crippen MR) is 110 cm³/mol. The first-order valence-electron chi connectivity index (χ1n) is 9.72. The number of aromatic nitrogens is 1. The van der Waals surface area contributed by atoms with Crippen LogP contribution in [0.1, 0.15) is 36.8 Å². The van der Waals surface area contributed by atoms with E-state index >= 15 is 0 Å². The SMILES string of the molecule is O=C(O)CCCN(Cc1ccccc1)C(=O)CCCc1c[nH]c2ccccc12. The van der Waals surface area contributed by atoms with E-state index in [4.69, 9.17) is 5.11 Å². The van der Waals surface area contributed by atoms with Crippen LogP contribution in [0.25, 0.3) is 10.9 Å². The summed E-state index contributed by atoms with van der Waals surface area (Å²) in [7, 11) is 0. The number of amides is 1. The van der Waals surface area contributed by atoms with E-state index in [9.17, 15) is 9.59 Å². The zero-order chi connectivity index (χ0) is 19.8. The number of H-pyrrole nitrogens is 1. The van der Waals surface area contributed by atoms with E-state index in [-0.39, 0.29) is 12.3 Å². The Morgan fingerprint density at radius 2 is 1.68 bits per heavy atom. The van der Waals surface area contributed by atoms with Gasteiger partial charge in [0.05, 0.1) is 0 Å². The molecule has 5 nitrogen and oxygen atoms in total. The summed E-state index contributed by atoms with van der Waals surface area (Å²) in [5.74, 6) is -0.750. The van der Waals surface area contributed by atoms with Crippen molar-refractivity contribution in [3.63, 3.8) is 0 Å². The highest BCUT2D eigenvalue weighted by molar-refractivity contribution is 5.83. The molecule has 0 unspecified atom stereocenters. The number of carbonyl (C=O) groups excluding carboxylic acids is 1. The van der Waals surface area contributed by atoms with Crippen molar-refractivity contribution in [3.05, 3.63) is 71.9 Å². The second-order valence-electron chi connectivity index (χ2n) is 7.01. The van der Waals surface area contributed by atoms with Crippen LogP contribution in [-0.2, 0) is 22.6 Å². The van der Waals surface area contributed by atoms with Gasteiger partial charge in [-0.25, -0.2) is 0 Å². The maximum Gasteiger partial charge on any atom is 0.303 e. The lowest BCUT2D eigenvalue weighted by molar-refractivity contribution is -0.138. The van der Waals surface area contributed by atoms with Crippen LogP contribution in [0.5, 0.6) is 0 Å². The zero-order valence-corrected chi connectivity index (χ0v) is 15.9. The van der Waals surface area contributed by atoms with Crippen molar-refractivity contribution in [1.29, 1.82) is 0 Å². The largest absolute Gasteiger partial charge is 0.481 e. The number of rotatable bonds is 10. The quantitative estimate of drug-likeness (QED) is 0.550. The molecule has 0 aliphatic rings. The van der Waals surface area contributed by atoms with E-state index in [1.165, 1.54) is 10.9 Å². The lowest BCUT2D eigenvalue weighted by Gasteiger charge is -2.23. The molecule has 28 heavy (non-hydrogen) atoms. The zero-order valence-electron chi connectivity index (χ0n) is 15.9. The molecule has 0 fully saturated rings. The molecule has 3 aromatic rings. The number of aromatic amines is 1. The van der Waals surface area contributed by atoms with Crippen LogP contribution in [0.4, 0.5) is 0 Å². The van der Waals surface area contributed by atoms with E-state index in [2.05, 4.69) is 11.1 Å². The van der Waals surface area contributed by atoms with Gasteiger partial charge in [-0.2, -0.15) is 0 Å². The summed E-state index contributed by atoms with van der Waals surface area (Å²) in [5.41, 5.74) is 3.40. The Morgan fingerprint density at radius 1 is 0.929 bits per heavy atom. The summed E-state index contributed by atoms with van der Waals surface area (Å²) in [6, 6.07) is 18.0. The molecular weight excluding hydrogens is 352 g/mol. The van der Waals surface area contributed by atoms with Gasteiger partial charge in [-0.15, -0.1) is 0 Å². The molecule has 5 heteroatoms. The molecule has 0 saturated carbocycles. The summed E-state index contributed by atoms with van der Waals surface area (Å²) in [4.78, 5) is 28.7. The summed E-state index contributed by atoms with van der Waals surface area (Å²) < 4.78 is 0. The minimum Gasteiger partial charge on any atom is -0.481 e. The topological polar surface area (TPSA) is 73.4 Å². The predicted octanol–water partition coefficient (Wildman–Crippen LogP) is 4.38. The highest BCUT2D eigenvalue weighted by Crippen LogP contribution is 2.20. The van der Waals surface area contributed by atoms with Crippen molar-refractivity contribution in [2.24, 2.45) is 0 Å². The number of aryl methyl sites for hydroxylation is 1. The number of carboxylic acid groups (broad SMARTS) is 1. The first-order chi connectivity index (χ1) is 13.6. The van der Waals surface area contributed by atoms with Crippen LogP contribution in [0.2, 0.25) is 0 Å². The van der Waals surface area contributed by atoms with E-state index in [1.807, 2.05) is 54.7 Å². The van der Waals surface area contributed by atoms with Crippen LogP contribution in [0, 0.1) is 0 Å². The first kappa shape index (κ1) is 19.7. The standard InChI is InChI=1S/C23H26N2O3/c26-22(13-6-10-19-16-24-21-12-5-4-11-20(19)21)25(15-7-14-23(27)28)17-18-8-2-1-3-9-18/h1-5,8-9,11-12,16,24H,6-7,10,13-15,17H2,(H,27,28). The van der Waals surface area contributed by atoms with Gasteiger partial charge in [0, 0.05) is 43.0 Å². The lowest BCUT2D eigenvalue weighted by Crippen LogP contribution is -2.31. The number of para-hydroxylation sites is 1. The smallest absolute Gasteiger partial charge is 0.303 e. The van der Waals surface area contributed by atoms with E-state index in [0.29, 0.717) is 25.9 Å². The molecule has 0 spiro atoms. The van der Waals surface area contributed by atoms with Gasteiger partial charge in [0.15, 0.2) is 0 Å². The molecule has 1 amide bonds. The van der Waals surface area contributed by atoms with Gasteiger partial charge in [0.2, 0.25) is 5.91 Å². The van der Waals surface area contributed by atoms with Gasteiger partial charge in [-0.3, -0.25) is 9.59 Å². The number of nitrogens with one attached hydrogen (secondary N) is 1. The van der Waals surface area contributed by atoms with Crippen LogP contribution in [-0.4, -0.2) is 33.4 Å². The maximum atomic E-state index is 12.8. The molecular formula is C23H26N2O3. The fraction of sp³-hybridized carbons (Fsp3) is 0.304. The Hall–Kier alpha value is -3.08. The van der Waals surface area contributed by atoms with Crippen molar-refractivity contribution in [2.45, 2.75) is 38.6 Å². The fourth-order valence-corrected chi connectivity index (χ4v) is 3.44. The van der Waals surface area contributed by atoms with Crippen molar-refractivity contribution < 1.29 is 14.7 Å². The number of nitrogens with zero attached hydrogens (tertiary/aromatic N) is 1. The Labute approximate surface area is 165 Å². The lowest BCUT2D eigenvalue weighted by atomic mass is 10.1. The van der Waals surface area contributed by atoms with Crippen molar-refractivity contribution in [1.82, 2.24) is 9.88 Å². The number of benzene rings is 2. The molecule has 3 rings (SSSR count). The number of hydrogen-bond acceptors (Lipinski definition) is 2. The number of carboxylic acids is 1. The molecule has 0 atom stereocenters. The van der Waals surface area contributed by atoms with E-state index < -0.39 is 5.97 Å². The molecule has 1 heterocycles. The molecule has 2 aromatic carbocycles. The fourth-order valence-electron chi connectivity index (χ4n) is 3.44. The molecule has 0 radical (unpaired) electrons. The Kier molecular flexibility index (Phi) is 6.84. The maximum absolute atomic E-state index is 12.8. The number of carbonyl (C=O) groups is 2. The monoisotopic (exact) mass is 378 g/mol. The Bertz CT molecular complexity index is 918. The highest BCUT2D eigenvalue weighted by Gasteiger charge is 2.15. The Morgan fingerprint density at radius 3 is 2.46 bits per heavy atom. The third kappa shape index (κ3) is 5.46. The van der Waals surface area contributed by atoms with Crippen molar-refractivity contribution in [3.8, 4) is 0 Å². The second kappa shape index (κ2) is 9.74. The van der Waals surface area contributed by atoms with Crippen LogP contribution in [0.3, 0.4) is 0 Å². The van der Waals surface area contributed by atoms with Gasteiger partial charge in [-0.1, -0.05) is 48.5 Å². The molecule has 146 valence electrons. The van der Waals surface area contributed by atoms with Crippen LogP contribution >= 0.6 is 0 Å². The van der Waals surface area contributed by atoms with Gasteiger partial charge < -0.3 is 15.0 Å². The minimum absolute atomic E-state index is 0.0773. The summed E-state index contributed by atoms with van der Waals surface area (Å²) in [6.45, 7) is 0.986. The van der Waals surface area contributed by atoms with Gasteiger partial charge >= 0.3 is 5.97 Å². The minimum atomic E-state index is -0.827. The molecule has 0 saturated heterocycles. The van der Waals surface area contributed by atoms with E-state index in [0.717, 1.165) is 23.9 Å². The van der Waals surface area contributed by atoms with Crippen molar-refractivity contribution >= 4 is 22.8 Å². The number of fused-ring (bicyclic) bond motifs is 1. The molecule has 2 N–H and O–H groups in total. The average molecular weight is 378 g/mol. The average Bonchev–Trinajstić information content (AvgIpc) is 3.11. The number of hydrogen-bond donors (Lipinski definition) is 2. The third-order valence-electron chi connectivity index (χ3n) is 4.90. The highest BCUT2D eigenvalue weighted by atomic mass is 16.4. The number of aliphatic carboxylic acids is 1. The summed E-state index contributed by atoms with van der Waals surface area (Å²) in [5, 5.41) is 10.1. The first-order valence-corrected chi connectivity index (χ1v) is 9.72. The summed E-state index contributed by atoms with van der Waals surface area (Å²) >= 11 is 0. The molecule has 0 aliphatic carbocycles. The van der Waals surface area contributed by atoms with Gasteiger partial charge in [0.25, 0.3) is 0 Å². The van der Waals surface area contributed by atoms with E-state index in [1.54, 1.807) is 4.90 Å².